The molecule has 0 aliphatic carbocycles. The van der Waals surface area contributed by atoms with Crippen LogP contribution in [0.1, 0.15) is 64.0 Å². The van der Waals surface area contributed by atoms with Gasteiger partial charge in [0.15, 0.2) is 0 Å². The molecule has 0 heterocycles. The Hall–Kier alpha value is -0.730. The summed E-state index contributed by atoms with van der Waals surface area (Å²) in [5.41, 5.74) is 1.27. The summed E-state index contributed by atoms with van der Waals surface area (Å²) >= 11 is 6.09. The van der Waals surface area contributed by atoms with Crippen LogP contribution in [0.5, 0.6) is 5.75 Å². The Bertz CT molecular complexity index is 381. The third kappa shape index (κ3) is 5.72. The minimum absolute atomic E-state index is 0.396. The normalized spacial score (nSPS) is 12.4. The fraction of sp³-hybridized carbons (Fsp3) is 0.647. The van der Waals surface area contributed by atoms with E-state index in [9.17, 15) is 0 Å². The summed E-state index contributed by atoms with van der Waals surface area (Å²) in [6.07, 6.45) is 7.75. The Morgan fingerprint density at radius 2 is 1.90 bits per heavy atom. The predicted octanol–water partition coefficient (Wildman–Crippen LogP) is 5.36. The van der Waals surface area contributed by atoms with Gasteiger partial charge in [-0.05, 0) is 30.7 Å². The van der Waals surface area contributed by atoms with E-state index in [4.69, 9.17) is 16.3 Å². The van der Waals surface area contributed by atoms with Crippen LogP contribution in [0.25, 0.3) is 0 Å². The third-order valence-corrected chi connectivity index (χ3v) is 3.94. The van der Waals surface area contributed by atoms with Gasteiger partial charge in [0.25, 0.3) is 0 Å². The molecule has 0 spiro atoms. The van der Waals surface area contributed by atoms with Crippen LogP contribution in [0.15, 0.2) is 18.2 Å². The second-order valence-electron chi connectivity index (χ2n) is 5.21. The van der Waals surface area contributed by atoms with Crippen LogP contribution in [0, 0.1) is 0 Å². The molecular formula is C17H28ClNO. The highest BCUT2D eigenvalue weighted by molar-refractivity contribution is 6.32. The van der Waals surface area contributed by atoms with Crippen molar-refractivity contribution in [3.63, 3.8) is 0 Å². The molecule has 1 unspecified atom stereocenters. The molecule has 0 bridgehead atoms. The van der Waals surface area contributed by atoms with Crippen LogP contribution in [0.3, 0.4) is 0 Å². The highest BCUT2D eigenvalue weighted by Gasteiger charge is 2.12. The maximum Gasteiger partial charge on any atom is 0.137 e. The Morgan fingerprint density at radius 1 is 1.15 bits per heavy atom. The van der Waals surface area contributed by atoms with Gasteiger partial charge in [0, 0.05) is 6.04 Å². The second kappa shape index (κ2) is 10.1. The molecular weight excluding hydrogens is 270 g/mol. The van der Waals surface area contributed by atoms with Gasteiger partial charge in [-0.1, -0.05) is 63.6 Å². The number of unbranched alkanes of at least 4 members (excludes halogenated alkanes) is 4. The summed E-state index contributed by atoms with van der Waals surface area (Å²) in [5, 5.41) is 4.24. The van der Waals surface area contributed by atoms with Gasteiger partial charge in [-0.15, -0.1) is 0 Å². The summed E-state index contributed by atoms with van der Waals surface area (Å²) in [7, 11) is 1.66. The smallest absolute Gasteiger partial charge is 0.137 e. The lowest BCUT2D eigenvalue weighted by atomic mass is 9.99. The molecule has 0 amide bonds. The van der Waals surface area contributed by atoms with Crippen LogP contribution in [0.2, 0.25) is 5.02 Å². The molecule has 0 saturated heterocycles. The molecule has 0 saturated carbocycles. The van der Waals surface area contributed by atoms with Gasteiger partial charge in [0.2, 0.25) is 0 Å². The first kappa shape index (κ1) is 17.3. The Kier molecular flexibility index (Phi) is 8.72. The van der Waals surface area contributed by atoms with E-state index in [1.165, 1.54) is 44.1 Å². The molecule has 0 fully saturated rings. The van der Waals surface area contributed by atoms with Crippen molar-refractivity contribution >= 4 is 11.6 Å². The molecule has 0 radical (unpaired) electrons. The van der Waals surface area contributed by atoms with Gasteiger partial charge in [-0.2, -0.15) is 0 Å². The molecule has 1 atom stereocenters. The molecule has 114 valence electrons. The Balaban J connectivity index is 2.60. The topological polar surface area (TPSA) is 21.3 Å². The molecule has 2 nitrogen and oxygen atoms in total. The zero-order chi connectivity index (χ0) is 14.8. The first-order valence-corrected chi connectivity index (χ1v) is 8.17. The van der Waals surface area contributed by atoms with Crippen molar-refractivity contribution in [2.24, 2.45) is 0 Å². The van der Waals surface area contributed by atoms with Crippen LogP contribution in [-0.2, 0) is 0 Å². The minimum atomic E-state index is 0.396. The van der Waals surface area contributed by atoms with Crippen molar-refractivity contribution in [1.82, 2.24) is 5.32 Å². The highest BCUT2D eigenvalue weighted by Crippen LogP contribution is 2.29. The van der Waals surface area contributed by atoms with Gasteiger partial charge in [-0.3, -0.25) is 0 Å². The number of benzene rings is 1. The maximum atomic E-state index is 6.09. The zero-order valence-electron chi connectivity index (χ0n) is 13.0. The summed E-state index contributed by atoms with van der Waals surface area (Å²) in [6, 6.07) is 6.48. The molecule has 1 rings (SSSR count). The quantitative estimate of drug-likeness (QED) is 0.587. The van der Waals surface area contributed by atoms with Gasteiger partial charge in [-0.25, -0.2) is 0 Å². The van der Waals surface area contributed by atoms with Gasteiger partial charge in [0.05, 0.1) is 12.1 Å². The number of halogens is 1. The zero-order valence-corrected chi connectivity index (χ0v) is 13.8. The van der Waals surface area contributed by atoms with Crippen LogP contribution in [-0.4, -0.2) is 13.7 Å². The number of nitrogens with one attached hydrogen (secondary N) is 1. The van der Waals surface area contributed by atoms with E-state index in [0.29, 0.717) is 11.1 Å². The number of ether oxygens (including phenoxy) is 1. The molecule has 1 N–H and O–H groups in total. The fourth-order valence-electron chi connectivity index (χ4n) is 2.48. The van der Waals surface area contributed by atoms with Crippen LogP contribution >= 0.6 is 11.6 Å². The molecule has 0 aliphatic heterocycles. The van der Waals surface area contributed by atoms with Crippen molar-refractivity contribution in [2.45, 2.75) is 58.4 Å². The fourth-order valence-corrected chi connectivity index (χ4v) is 2.67. The third-order valence-electron chi connectivity index (χ3n) is 3.62. The Labute approximate surface area is 128 Å². The monoisotopic (exact) mass is 297 g/mol. The lowest BCUT2D eigenvalue weighted by Crippen LogP contribution is -2.20. The number of rotatable bonds is 10. The van der Waals surface area contributed by atoms with Crippen molar-refractivity contribution < 1.29 is 4.74 Å². The summed E-state index contributed by atoms with van der Waals surface area (Å²) in [4.78, 5) is 0. The van der Waals surface area contributed by atoms with Crippen LogP contribution < -0.4 is 10.1 Å². The van der Waals surface area contributed by atoms with Gasteiger partial charge >= 0.3 is 0 Å². The SMILES string of the molecule is CCCCCCCC(NCC)c1ccc(Cl)c(OC)c1. The average molecular weight is 298 g/mol. The van der Waals surface area contributed by atoms with E-state index in [2.05, 4.69) is 31.3 Å². The first-order valence-electron chi connectivity index (χ1n) is 7.79. The van der Waals surface area contributed by atoms with E-state index < -0.39 is 0 Å². The van der Waals surface area contributed by atoms with E-state index in [1.54, 1.807) is 7.11 Å². The Morgan fingerprint density at radius 3 is 2.55 bits per heavy atom. The standard InChI is InChI=1S/C17H28ClNO/c1-4-6-7-8-9-10-16(19-5-2)14-11-12-15(18)17(13-14)20-3/h11-13,16,19H,4-10H2,1-3H3. The molecule has 3 heteroatoms. The number of hydrogen-bond donors (Lipinski definition) is 1. The van der Waals surface area contributed by atoms with E-state index in [0.717, 1.165) is 12.3 Å². The van der Waals surface area contributed by atoms with E-state index >= 15 is 0 Å². The average Bonchev–Trinajstić information content (AvgIpc) is 2.46. The van der Waals surface area contributed by atoms with E-state index in [1.807, 2.05) is 6.07 Å². The number of methoxy groups -OCH3 is 1. The van der Waals surface area contributed by atoms with Crippen molar-refractivity contribution in [3.05, 3.63) is 28.8 Å². The van der Waals surface area contributed by atoms with E-state index in [-0.39, 0.29) is 0 Å². The molecule has 20 heavy (non-hydrogen) atoms. The lowest BCUT2D eigenvalue weighted by Gasteiger charge is -2.19. The van der Waals surface area contributed by atoms with Crippen molar-refractivity contribution in [3.8, 4) is 5.75 Å². The summed E-state index contributed by atoms with van der Waals surface area (Å²) in [6.45, 7) is 5.38. The summed E-state index contributed by atoms with van der Waals surface area (Å²) < 4.78 is 5.31. The molecule has 1 aromatic carbocycles. The van der Waals surface area contributed by atoms with Crippen molar-refractivity contribution in [2.75, 3.05) is 13.7 Å². The van der Waals surface area contributed by atoms with Crippen molar-refractivity contribution in [1.29, 1.82) is 0 Å². The van der Waals surface area contributed by atoms with Gasteiger partial charge in [0.1, 0.15) is 5.75 Å². The van der Waals surface area contributed by atoms with Crippen LogP contribution in [0.4, 0.5) is 0 Å². The maximum absolute atomic E-state index is 6.09. The second-order valence-corrected chi connectivity index (χ2v) is 5.61. The first-order chi connectivity index (χ1) is 9.72. The molecule has 0 aliphatic rings. The highest BCUT2D eigenvalue weighted by atomic mass is 35.5. The van der Waals surface area contributed by atoms with Gasteiger partial charge < -0.3 is 10.1 Å². The lowest BCUT2D eigenvalue weighted by molar-refractivity contribution is 0.412. The predicted molar refractivity (Wildman–Crippen MR) is 87.8 cm³/mol. The number of hydrogen-bond acceptors (Lipinski definition) is 2. The molecule has 1 aromatic rings. The molecule has 0 aromatic heterocycles. The minimum Gasteiger partial charge on any atom is -0.495 e. The largest absolute Gasteiger partial charge is 0.495 e. The summed E-state index contributed by atoms with van der Waals surface area (Å²) in [5.74, 6) is 0.762.